The monoisotopic (exact) mass is 525 g/mol. The van der Waals surface area contributed by atoms with Crippen molar-refractivity contribution in [1.82, 2.24) is 4.90 Å². The highest BCUT2D eigenvalue weighted by molar-refractivity contribution is 6.00. The third-order valence-electron chi connectivity index (χ3n) is 7.93. The van der Waals surface area contributed by atoms with E-state index in [1.165, 1.54) is 26.0 Å². The van der Waals surface area contributed by atoms with E-state index in [0.29, 0.717) is 19.3 Å². The summed E-state index contributed by atoms with van der Waals surface area (Å²) in [5.74, 6) is -3.83. The molecule has 0 bridgehead atoms. The lowest BCUT2D eigenvalue weighted by Gasteiger charge is -2.43. The standard InChI is InChI=1S/C28H47NO8/c1-10-22-28(7,34)12-11-21(30)15(2)13-16(3)25(18(5)23(31)19(6)26(33)36-22)37-27-24(32)20(29(8)9)14-17(4)35-27/h11-12,15-20,22,24-25,27,32,34H,10,13-14H2,1-9H3/t15-,16+,17?,18+,19-,20-,22-,24?,25+,27+,28+/m1/s1. The molecule has 0 aromatic rings. The van der Waals surface area contributed by atoms with Crippen LogP contribution in [0.3, 0.4) is 0 Å². The summed E-state index contributed by atoms with van der Waals surface area (Å²) >= 11 is 0. The first-order valence-electron chi connectivity index (χ1n) is 13.5. The topological polar surface area (TPSA) is 123 Å². The second-order valence-electron chi connectivity index (χ2n) is 11.5. The molecule has 2 aliphatic heterocycles. The first kappa shape index (κ1) is 31.6. The third kappa shape index (κ3) is 7.69. The van der Waals surface area contributed by atoms with Crippen LogP contribution in [0, 0.1) is 23.7 Å². The van der Waals surface area contributed by atoms with Gasteiger partial charge in [0.1, 0.15) is 23.7 Å². The fraction of sp³-hybridized carbons (Fsp3) is 0.821. The minimum Gasteiger partial charge on any atom is -0.458 e. The Bertz CT molecular complexity index is 840. The molecule has 0 aromatic carbocycles. The number of ketones is 2. The molecule has 37 heavy (non-hydrogen) atoms. The zero-order valence-electron chi connectivity index (χ0n) is 23.8. The molecule has 2 heterocycles. The van der Waals surface area contributed by atoms with Gasteiger partial charge in [0.2, 0.25) is 0 Å². The number of carbonyl (C=O) groups is 3. The Labute approximate surface area is 221 Å². The van der Waals surface area contributed by atoms with Crippen molar-refractivity contribution in [1.29, 1.82) is 0 Å². The highest BCUT2D eigenvalue weighted by atomic mass is 16.7. The van der Waals surface area contributed by atoms with E-state index in [-0.39, 0.29) is 29.6 Å². The van der Waals surface area contributed by atoms with Gasteiger partial charge in [-0.05, 0) is 72.2 Å². The Morgan fingerprint density at radius 2 is 1.73 bits per heavy atom. The molecule has 0 saturated carbocycles. The van der Waals surface area contributed by atoms with Crippen molar-refractivity contribution in [3.63, 3.8) is 0 Å². The average Bonchev–Trinajstić information content (AvgIpc) is 2.83. The number of allylic oxidation sites excluding steroid dienone is 1. The second-order valence-corrected chi connectivity index (χ2v) is 11.5. The van der Waals surface area contributed by atoms with Crippen LogP contribution in [0.2, 0.25) is 0 Å². The van der Waals surface area contributed by atoms with Crippen molar-refractivity contribution < 1.29 is 38.8 Å². The van der Waals surface area contributed by atoms with Crippen molar-refractivity contribution in [3.8, 4) is 0 Å². The van der Waals surface area contributed by atoms with Gasteiger partial charge in [-0.1, -0.05) is 27.7 Å². The summed E-state index contributed by atoms with van der Waals surface area (Å²) < 4.78 is 17.9. The first-order valence-corrected chi connectivity index (χ1v) is 13.5. The summed E-state index contributed by atoms with van der Waals surface area (Å²) in [5.41, 5.74) is -1.57. The number of likely N-dealkylation sites (N-methyl/N-ethyl adjacent to an activating group) is 1. The Morgan fingerprint density at radius 3 is 2.30 bits per heavy atom. The second kappa shape index (κ2) is 12.9. The molecule has 11 atom stereocenters. The van der Waals surface area contributed by atoms with Crippen molar-refractivity contribution in [2.75, 3.05) is 14.1 Å². The molecule has 0 aromatic heterocycles. The number of cyclic esters (lactones) is 1. The zero-order valence-corrected chi connectivity index (χ0v) is 23.8. The van der Waals surface area contributed by atoms with Gasteiger partial charge in [-0.3, -0.25) is 14.4 Å². The van der Waals surface area contributed by atoms with E-state index in [1.54, 1.807) is 20.8 Å². The van der Waals surface area contributed by atoms with Crippen LogP contribution in [0.5, 0.6) is 0 Å². The number of aliphatic hydroxyl groups is 2. The zero-order chi connectivity index (χ0) is 28.2. The van der Waals surface area contributed by atoms with Gasteiger partial charge in [0.15, 0.2) is 17.9 Å². The minimum atomic E-state index is -1.57. The quantitative estimate of drug-likeness (QED) is 0.421. The number of esters is 1. The maximum absolute atomic E-state index is 13.5. The van der Waals surface area contributed by atoms with E-state index < -0.39 is 53.9 Å². The number of nitrogens with zero attached hydrogens (tertiary/aromatic N) is 1. The molecule has 212 valence electrons. The maximum Gasteiger partial charge on any atom is 0.316 e. The van der Waals surface area contributed by atoms with Crippen molar-refractivity contribution in [2.24, 2.45) is 23.7 Å². The van der Waals surface area contributed by atoms with Gasteiger partial charge in [-0.25, -0.2) is 0 Å². The molecule has 0 radical (unpaired) electrons. The van der Waals surface area contributed by atoms with Gasteiger partial charge in [-0.2, -0.15) is 0 Å². The van der Waals surface area contributed by atoms with Gasteiger partial charge in [0.05, 0.1) is 12.2 Å². The Balaban J connectivity index is 2.44. The maximum atomic E-state index is 13.5. The van der Waals surface area contributed by atoms with Gasteiger partial charge >= 0.3 is 5.97 Å². The van der Waals surface area contributed by atoms with Crippen LogP contribution in [0.4, 0.5) is 0 Å². The van der Waals surface area contributed by atoms with E-state index in [4.69, 9.17) is 14.2 Å². The number of ether oxygens (including phenoxy) is 3. The van der Waals surface area contributed by atoms with Crippen LogP contribution >= 0.6 is 0 Å². The SMILES string of the molecule is CC[C@H]1OC(=O)[C@H](C)C(=O)[C@H](C)[C@@H](O[C@@H]2OC(C)C[C@@H](N(C)C)C2O)[C@@H](C)C[C@@H](C)C(=O)C=C[C@]1(C)O. The van der Waals surface area contributed by atoms with E-state index in [1.807, 2.05) is 32.8 Å². The van der Waals surface area contributed by atoms with Crippen LogP contribution in [0.25, 0.3) is 0 Å². The van der Waals surface area contributed by atoms with Crippen molar-refractivity contribution >= 4 is 17.5 Å². The summed E-state index contributed by atoms with van der Waals surface area (Å²) in [6.45, 7) is 12.0. The smallest absolute Gasteiger partial charge is 0.316 e. The normalized spacial score (nSPS) is 43.0. The van der Waals surface area contributed by atoms with E-state index in [0.717, 1.165) is 0 Å². The Hall–Kier alpha value is -1.65. The van der Waals surface area contributed by atoms with Gasteiger partial charge < -0.3 is 29.3 Å². The van der Waals surface area contributed by atoms with Crippen LogP contribution in [-0.4, -0.2) is 89.1 Å². The fourth-order valence-corrected chi connectivity index (χ4v) is 5.42. The molecular weight excluding hydrogens is 478 g/mol. The minimum absolute atomic E-state index is 0.168. The van der Waals surface area contributed by atoms with Crippen LogP contribution in [-0.2, 0) is 28.6 Å². The lowest BCUT2D eigenvalue weighted by atomic mass is 9.80. The van der Waals surface area contributed by atoms with E-state index >= 15 is 0 Å². The molecule has 1 saturated heterocycles. The Kier molecular flexibility index (Phi) is 11.0. The summed E-state index contributed by atoms with van der Waals surface area (Å²) in [4.78, 5) is 41.3. The predicted octanol–water partition coefficient (Wildman–Crippen LogP) is 2.51. The molecule has 0 amide bonds. The van der Waals surface area contributed by atoms with Crippen LogP contribution in [0.15, 0.2) is 12.2 Å². The number of aliphatic hydroxyl groups excluding tert-OH is 1. The van der Waals surface area contributed by atoms with Crippen molar-refractivity contribution in [2.45, 2.75) is 110 Å². The van der Waals surface area contributed by atoms with Crippen molar-refractivity contribution in [3.05, 3.63) is 12.2 Å². The summed E-state index contributed by atoms with van der Waals surface area (Å²) in [6, 6.07) is -0.188. The lowest BCUT2D eigenvalue weighted by Crippen LogP contribution is -2.56. The lowest BCUT2D eigenvalue weighted by molar-refractivity contribution is -0.278. The molecule has 0 spiro atoms. The van der Waals surface area contributed by atoms with Gasteiger partial charge in [-0.15, -0.1) is 0 Å². The largest absolute Gasteiger partial charge is 0.458 e. The highest BCUT2D eigenvalue weighted by Crippen LogP contribution is 2.32. The summed E-state index contributed by atoms with van der Waals surface area (Å²) in [5, 5.41) is 21.9. The van der Waals surface area contributed by atoms with Crippen LogP contribution in [0.1, 0.15) is 67.7 Å². The number of hydrogen-bond acceptors (Lipinski definition) is 9. The van der Waals surface area contributed by atoms with Gasteiger partial charge in [0, 0.05) is 17.9 Å². The highest BCUT2D eigenvalue weighted by Gasteiger charge is 2.44. The number of carbonyl (C=O) groups excluding carboxylic acids is 3. The molecule has 2 unspecified atom stereocenters. The molecular formula is C28H47NO8. The predicted molar refractivity (Wildman–Crippen MR) is 139 cm³/mol. The fourth-order valence-electron chi connectivity index (χ4n) is 5.42. The van der Waals surface area contributed by atoms with E-state index in [2.05, 4.69) is 0 Å². The van der Waals surface area contributed by atoms with E-state index in [9.17, 15) is 24.6 Å². The molecule has 0 aliphatic carbocycles. The molecule has 2 aliphatic rings. The third-order valence-corrected chi connectivity index (χ3v) is 7.93. The molecule has 9 heteroatoms. The molecule has 1 fully saturated rings. The Morgan fingerprint density at radius 1 is 1.11 bits per heavy atom. The summed E-state index contributed by atoms with van der Waals surface area (Å²) in [6.07, 6.45) is 0.318. The molecule has 2 N–H and O–H groups in total. The number of hydrogen-bond donors (Lipinski definition) is 2. The number of rotatable bonds is 4. The van der Waals surface area contributed by atoms with Gasteiger partial charge in [0.25, 0.3) is 0 Å². The summed E-state index contributed by atoms with van der Waals surface area (Å²) in [7, 11) is 3.77. The number of Topliss-reactive ketones (excluding diaryl/α,β-unsaturated/α-hetero) is 1. The molecule has 2 rings (SSSR count). The van der Waals surface area contributed by atoms with Crippen LogP contribution < -0.4 is 0 Å². The molecule has 9 nitrogen and oxygen atoms in total. The first-order chi connectivity index (χ1) is 17.1. The average molecular weight is 526 g/mol.